The first-order chi connectivity index (χ1) is 13.8. The SMILES string of the molecule is CCc1ccc(CCOC(=O)N[C@@H](CC(C)C)C(=O)On2c(O)ccc2O)nc1. The van der Waals surface area contributed by atoms with Gasteiger partial charge in [-0.2, -0.15) is 0 Å². The third kappa shape index (κ3) is 6.70. The Morgan fingerprint density at radius 3 is 2.41 bits per heavy atom. The molecular formula is C20H27N3O6. The number of pyridine rings is 1. The van der Waals surface area contributed by atoms with Crippen molar-refractivity contribution in [3.05, 3.63) is 41.7 Å². The van der Waals surface area contributed by atoms with Crippen molar-refractivity contribution < 1.29 is 29.4 Å². The first kappa shape index (κ1) is 22.1. The van der Waals surface area contributed by atoms with Crippen LogP contribution < -0.4 is 10.2 Å². The van der Waals surface area contributed by atoms with Crippen molar-refractivity contribution in [1.29, 1.82) is 0 Å². The molecule has 1 amide bonds. The summed E-state index contributed by atoms with van der Waals surface area (Å²) in [7, 11) is 0. The molecule has 2 aromatic heterocycles. The molecule has 2 rings (SSSR count). The molecule has 9 nitrogen and oxygen atoms in total. The smallest absolute Gasteiger partial charge is 0.407 e. The molecule has 0 spiro atoms. The van der Waals surface area contributed by atoms with Gasteiger partial charge in [0.05, 0.1) is 6.61 Å². The van der Waals surface area contributed by atoms with E-state index in [0.29, 0.717) is 11.2 Å². The summed E-state index contributed by atoms with van der Waals surface area (Å²) < 4.78 is 5.72. The van der Waals surface area contributed by atoms with E-state index in [1.165, 1.54) is 12.1 Å². The fourth-order valence-electron chi connectivity index (χ4n) is 2.58. The van der Waals surface area contributed by atoms with Gasteiger partial charge < -0.3 is 25.1 Å². The minimum Gasteiger partial charge on any atom is -0.492 e. The van der Waals surface area contributed by atoms with Crippen molar-refractivity contribution in [2.45, 2.75) is 46.1 Å². The molecule has 0 aromatic carbocycles. The lowest BCUT2D eigenvalue weighted by Crippen LogP contribution is -2.45. The number of carbonyl (C=O) groups is 2. The summed E-state index contributed by atoms with van der Waals surface area (Å²) in [6, 6.07) is 5.19. The predicted octanol–water partition coefficient (Wildman–Crippen LogP) is 2.20. The number of amides is 1. The second-order valence-electron chi connectivity index (χ2n) is 6.98. The van der Waals surface area contributed by atoms with E-state index in [1.807, 2.05) is 32.9 Å². The van der Waals surface area contributed by atoms with Crippen LogP contribution in [0.1, 0.15) is 38.4 Å². The lowest BCUT2D eigenvalue weighted by Gasteiger charge is -2.19. The summed E-state index contributed by atoms with van der Waals surface area (Å²) in [6.07, 6.45) is 2.66. The van der Waals surface area contributed by atoms with Gasteiger partial charge in [0, 0.05) is 30.4 Å². The molecule has 3 N–H and O–H groups in total. The minimum atomic E-state index is -1.01. The van der Waals surface area contributed by atoms with Crippen LogP contribution in [0.2, 0.25) is 0 Å². The standard InChI is InChI=1S/C20H27N3O6/c1-4-14-5-6-15(21-12-14)9-10-28-20(27)22-16(11-13(2)3)19(26)29-23-17(24)7-8-18(23)25/h5-8,12-13,16,24-25H,4,9-11H2,1-3H3,(H,22,27)/t16-/m0/s1. The Morgan fingerprint density at radius 1 is 1.17 bits per heavy atom. The van der Waals surface area contributed by atoms with Crippen molar-refractivity contribution in [3.8, 4) is 11.8 Å². The van der Waals surface area contributed by atoms with Crippen LogP contribution in [-0.4, -0.2) is 44.6 Å². The molecule has 9 heteroatoms. The first-order valence-corrected chi connectivity index (χ1v) is 9.49. The minimum absolute atomic E-state index is 0.0704. The maximum absolute atomic E-state index is 12.4. The summed E-state index contributed by atoms with van der Waals surface area (Å²) in [5, 5.41) is 21.7. The number of rotatable bonds is 9. The van der Waals surface area contributed by atoms with Gasteiger partial charge in [0.2, 0.25) is 11.8 Å². The zero-order chi connectivity index (χ0) is 21.4. The van der Waals surface area contributed by atoms with Crippen LogP contribution in [0.15, 0.2) is 30.5 Å². The monoisotopic (exact) mass is 405 g/mol. The number of hydrogen-bond acceptors (Lipinski definition) is 7. The maximum atomic E-state index is 12.4. The van der Waals surface area contributed by atoms with E-state index in [2.05, 4.69) is 10.3 Å². The van der Waals surface area contributed by atoms with Crippen LogP contribution in [0.25, 0.3) is 0 Å². The highest BCUT2D eigenvalue weighted by Gasteiger charge is 2.26. The number of ether oxygens (including phenoxy) is 1. The number of alkyl carbamates (subject to hydrolysis) is 1. The number of nitrogens with zero attached hydrogens (tertiary/aromatic N) is 2. The van der Waals surface area contributed by atoms with Gasteiger partial charge in [0.25, 0.3) is 0 Å². The average molecular weight is 405 g/mol. The molecule has 0 aliphatic rings. The summed E-state index contributed by atoms with van der Waals surface area (Å²) >= 11 is 0. The summed E-state index contributed by atoms with van der Waals surface area (Å²) in [5.74, 6) is -1.65. The fraction of sp³-hybridized carbons (Fsp3) is 0.450. The van der Waals surface area contributed by atoms with Crippen LogP contribution in [0.4, 0.5) is 4.79 Å². The molecule has 2 heterocycles. The number of hydrogen-bond donors (Lipinski definition) is 3. The maximum Gasteiger partial charge on any atom is 0.407 e. The second kappa shape index (κ2) is 10.4. The highest BCUT2D eigenvalue weighted by molar-refractivity contribution is 5.81. The molecule has 0 saturated heterocycles. The van der Waals surface area contributed by atoms with Gasteiger partial charge in [-0.15, -0.1) is 4.73 Å². The van der Waals surface area contributed by atoms with Crippen molar-refractivity contribution >= 4 is 12.1 Å². The Kier molecular flexibility index (Phi) is 7.88. The number of aryl methyl sites for hydroxylation is 1. The summed E-state index contributed by atoms with van der Waals surface area (Å²) in [6.45, 7) is 5.90. The van der Waals surface area contributed by atoms with Crippen molar-refractivity contribution in [2.24, 2.45) is 5.92 Å². The van der Waals surface area contributed by atoms with E-state index in [1.54, 1.807) is 6.20 Å². The molecule has 0 radical (unpaired) electrons. The molecule has 0 saturated carbocycles. The van der Waals surface area contributed by atoms with Gasteiger partial charge in [0.15, 0.2) is 0 Å². The number of carbonyl (C=O) groups excluding carboxylic acids is 2. The van der Waals surface area contributed by atoms with E-state index >= 15 is 0 Å². The molecular weight excluding hydrogens is 378 g/mol. The number of aromatic nitrogens is 2. The lowest BCUT2D eigenvalue weighted by molar-refractivity contribution is -0.148. The lowest BCUT2D eigenvalue weighted by atomic mass is 10.0. The third-order valence-corrected chi connectivity index (χ3v) is 4.15. The van der Waals surface area contributed by atoms with Crippen molar-refractivity contribution in [2.75, 3.05) is 6.61 Å². The van der Waals surface area contributed by atoms with Crippen LogP contribution >= 0.6 is 0 Å². The molecule has 29 heavy (non-hydrogen) atoms. The Hall–Kier alpha value is -3.23. The number of nitrogens with one attached hydrogen (secondary N) is 1. The largest absolute Gasteiger partial charge is 0.492 e. The summed E-state index contributed by atoms with van der Waals surface area (Å²) in [5.41, 5.74) is 1.92. The van der Waals surface area contributed by atoms with Crippen LogP contribution in [-0.2, 0) is 22.4 Å². The zero-order valence-electron chi connectivity index (χ0n) is 16.8. The van der Waals surface area contributed by atoms with Crippen LogP contribution in [0, 0.1) is 5.92 Å². The van der Waals surface area contributed by atoms with E-state index in [0.717, 1.165) is 17.7 Å². The highest BCUT2D eigenvalue weighted by Crippen LogP contribution is 2.19. The number of aromatic hydroxyl groups is 2. The Labute approximate surface area is 169 Å². The van der Waals surface area contributed by atoms with Gasteiger partial charge >= 0.3 is 12.1 Å². The zero-order valence-corrected chi connectivity index (χ0v) is 16.8. The first-order valence-electron chi connectivity index (χ1n) is 9.49. The van der Waals surface area contributed by atoms with E-state index in [4.69, 9.17) is 9.57 Å². The Balaban J connectivity index is 1.89. The second-order valence-corrected chi connectivity index (χ2v) is 6.98. The van der Waals surface area contributed by atoms with Gasteiger partial charge in [0.1, 0.15) is 6.04 Å². The van der Waals surface area contributed by atoms with E-state index < -0.39 is 29.9 Å². The van der Waals surface area contributed by atoms with E-state index in [9.17, 15) is 19.8 Å². The molecule has 2 aromatic rings. The normalized spacial score (nSPS) is 11.9. The highest BCUT2D eigenvalue weighted by atomic mass is 16.7. The van der Waals surface area contributed by atoms with Gasteiger partial charge in [-0.25, -0.2) is 9.59 Å². The van der Waals surface area contributed by atoms with Gasteiger partial charge in [-0.3, -0.25) is 4.98 Å². The van der Waals surface area contributed by atoms with Crippen LogP contribution in [0.3, 0.4) is 0 Å². The van der Waals surface area contributed by atoms with Gasteiger partial charge in [-0.1, -0.05) is 26.8 Å². The third-order valence-electron chi connectivity index (χ3n) is 4.15. The Morgan fingerprint density at radius 2 is 1.86 bits per heavy atom. The molecule has 158 valence electrons. The summed E-state index contributed by atoms with van der Waals surface area (Å²) in [4.78, 5) is 33.8. The molecule has 0 bridgehead atoms. The van der Waals surface area contributed by atoms with Crippen molar-refractivity contribution in [1.82, 2.24) is 15.0 Å². The molecule has 1 atom stereocenters. The topological polar surface area (TPSA) is 123 Å². The molecule has 0 aliphatic heterocycles. The quantitative estimate of drug-likeness (QED) is 0.584. The molecule has 0 fully saturated rings. The van der Waals surface area contributed by atoms with E-state index in [-0.39, 0.29) is 18.9 Å². The Bertz CT molecular complexity index is 797. The molecule has 0 aliphatic carbocycles. The molecule has 0 unspecified atom stereocenters. The van der Waals surface area contributed by atoms with Crippen LogP contribution in [0.5, 0.6) is 11.8 Å². The van der Waals surface area contributed by atoms with Gasteiger partial charge in [-0.05, 0) is 30.4 Å². The predicted molar refractivity (Wildman–Crippen MR) is 104 cm³/mol. The van der Waals surface area contributed by atoms with Crippen molar-refractivity contribution in [3.63, 3.8) is 0 Å². The average Bonchev–Trinajstić information content (AvgIpc) is 2.99. The fourth-order valence-corrected chi connectivity index (χ4v) is 2.58.